The van der Waals surface area contributed by atoms with Gasteiger partial charge in [0.05, 0.1) is 16.2 Å². The van der Waals surface area contributed by atoms with E-state index in [4.69, 9.17) is 16.3 Å². The summed E-state index contributed by atoms with van der Waals surface area (Å²) in [5.74, 6) is 0.138. The van der Waals surface area contributed by atoms with Gasteiger partial charge in [0.15, 0.2) is 5.16 Å². The highest BCUT2D eigenvalue weighted by atomic mass is 35.5. The Balaban J connectivity index is 1.90. The third-order valence-corrected chi connectivity index (χ3v) is 6.43. The number of aromatic nitrogens is 2. The first-order valence-corrected chi connectivity index (χ1v) is 11.8. The van der Waals surface area contributed by atoms with Crippen LogP contribution in [0.1, 0.15) is 38.7 Å². The quantitative estimate of drug-likeness (QED) is 0.258. The number of para-hydroxylation sites is 1. The number of carbonyl (C=O) groups excluding carboxylic acids is 1. The number of amides is 1. The number of hydrogen-bond acceptors (Lipinski definition) is 5. The van der Waals surface area contributed by atoms with Gasteiger partial charge in [0.1, 0.15) is 0 Å². The second-order valence-corrected chi connectivity index (χ2v) is 9.59. The van der Waals surface area contributed by atoms with Gasteiger partial charge in [0, 0.05) is 31.0 Å². The molecular formula is C24H28ClN3O3S. The van der Waals surface area contributed by atoms with Gasteiger partial charge in [-0.2, -0.15) is 0 Å². The fraction of sp³-hybridized carbons (Fsp3) is 0.375. The van der Waals surface area contributed by atoms with Crippen molar-refractivity contribution < 1.29 is 9.53 Å². The molecular weight excluding hydrogens is 446 g/mol. The molecule has 0 saturated heterocycles. The molecule has 0 aliphatic rings. The number of ether oxygens (including phenoxy) is 1. The van der Waals surface area contributed by atoms with Gasteiger partial charge < -0.3 is 10.1 Å². The average molecular weight is 474 g/mol. The topological polar surface area (TPSA) is 73.2 Å². The molecule has 0 saturated carbocycles. The Morgan fingerprint density at radius 3 is 2.69 bits per heavy atom. The van der Waals surface area contributed by atoms with Crippen molar-refractivity contribution in [1.82, 2.24) is 9.55 Å². The summed E-state index contributed by atoms with van der Waals surface area (Å²) in [6.45, 7) is 6.96. The highest BCUT2D eigenvalue weighted by Crippen LogP contribution is 2.27. The smallest absolute Gasteiger partial charge is 0.262 e. The van der Waals surface area contributed by atoms with E-state index in [1.165, 1.54) is 11.8 Å². The second-order valence-electron chi connectivity index (χ2n) is 7.85. The number of anilines is 1. The minimum atomic E-state index is -0.465. The Hall–Kier alpha value is -2.35. The first-order valence-electron chi connectivity index (χ1n) is 10.6. The number of fused-ring (bicyclic) bond motifs is 1. The van der Waals surface area contributed by atoms with Gasteiger partial charge in [-0.25, -0.2) is 4.98 Å². The van der Waals surface area contributed by atoms with Gasteiger partial charge in [-0.15, -0.1) is 0 Å². The number of hydrogen-bond donors (Lipinski definition) is 1. The molecule has 8 heteroatoms. The minimum Gasteiger partial charge on any atom is -0.385 e. The van der Waals surface area contributed by atoms with Crippen LogP contribution in [0.3, 0.4) is 0 Å². The van der Waals surface area contributed by atoms with Crippen LogP contribution in [0.4, 0.5) is 5.69 Å². The third kappa shape index (κ3) is 5.71. The van der Waals surface area contributed by atoms with Crippen LogP contribution in [0.25, 0.3) is 10.9 Å². The number of nitrogens with one attached hydrogen (secondary N) is 1. The van der Waals surface area contributed by atoms with Crippen molar-refractivity contribution >= 4 is 45.9 Å². The number of nitrogens with zero attached hydrogens (tertiary/aromatic N) is 2. The summed E-state index contributed by atoms with van der Waals surface area (Å²) in [5, 5.41) is 4.06. The summed E-state index contributed by atoms with van der Waals surface area (Å²) in [7, 11) is 1.63. The molecule has 3 aromatic rings. The summed E-state index contributed by atoms with van der Waals surface area (Å²) >= 11 is 7.38. The molecule has 0 fully saturated rings. The number of benzene rings is 2. The molecule has 3 rings (SSSR count). The predicted molar refractivity (Wildman–Crippen MR) is 132 cm³/mol. The first kappa shape index (κ1) is 24.3. The van der Waals surface area contributed by atoms with Gasteiger partial charge in [-0.05, 0) is 49.1 Å². The molecule has 1 amide bonds. The summed E-state index contributed by atoms with van der Waals surface area (Å²) in [6, 6.07) is 12.8. The molecule has 1 N–H and O–H groups in total. The number of methoxy groups -OCH3 is 1. The van der Waals surface area contributed by atoms with E-state index >= 15 is 0 Å². The summed E-state index contributed by atoms with van der Waals surface area (Å²) in [4.78, 5) is 30.8. The number of halogens is 1. The van der Waals surface area contributed by atoms with Gasteiger partial charge in [-0.3, -0.25) is 14.2 Å². The molecule has 1 unspecified atom stereocenters. The lowest BCUT2D eigenvalue weighted by Crippen LogP contribution is -2.27. The molecule has 1 aromatic heterocycles. The molecule has 1 heterocycles. The lowest BCUT2D eigenvalue weighted by atomic mass is 10.0. The van der Waals surface area contributed by atoms with E-state index in [9.17, 15) is 9.59 Å². The van der Waals surface area contributed by atoms with Crippen LogP contribution in [0.5, 0.6) is 0 Å². The van der Waals surface area contributed by atoms with Gasteiger partial charge in [-0.1, -0.05) is 55.4 Å². The van der Waals surface area contributed by atoms with E-state index in [0.29, 0.717) is 40.7 Å². The summed E-state index contributed by atoms with van der Waals surface area (Å²) in [5.41, 5.74) is 2.25. The maximum Gasteiger partial charge on any atom is 0.262 e. The molecule has 1 atom stereocenters. The number of carbonyl (C=O) groups is 1. The van der Waals surface area contributed by atoms with Gasteiger partial charge in [0.25, 0.3) is 5.56 Å². The lowest BCUT2D eigenvalue weighted by molar-refractivity contribution is -0.115. The molecule has 170 valence electrons. The Kier molecular flexibility index (Phi) is 8.34. The monoisotopic (exact) mass is 473 g/mol. The summed E-state index contributed by atoms with van der Waals surface area (Å²) < 4.78 is 6.76. The zero-order valence-corrected chi connectivity index (χ0v) is 20.3. The van der Waals surface area contributed by atoms with Crippen LogP contribution >= 0.6 is 23.4 Å². The van der Waals surface area contributed by atoms with E-state index in [2.05, 4.69) is 24.1 Å². The van der Waals surface area contributed by atoms with Crippen LogP contribution in [0.15, 0.2) is 52.4 Å². The van der Waals surface area contributed by atoms with E-state index < -0.39 is 5.25 Å². The fourth-order valence-corrected chi connectivity index (χ4v) is 4.49. The highest BCUT2D eigenvalue weighted by Gasteiger charge is 2.21. The second kappa shape index (κ2) is 11.0. The van der Waals surface area contributed by atoms with Crippen molar-refractivity contribution in [1.29, 1.82) is 0 Å². The molecule has 0 aliphatic carbocycles. The van der Waals surface area contributed by atoms with Crippen molar-refractivity contribution in [3.63, 3.8) is 0 Å². The van der Waals surface area contributed by atoms with Crippen molar-refractivity contribution in [2.24, 2.45) is 0 Å². The Morgan fingerprint density at radius 2 is 1.97 bits per heavy atom. The van der Waals surface area contributed by atoms with Crippen LogP contribution in [-0.4, -0.2) is 34.4 Å². The zero-order valence-electron chi connectivity index (χ0n) is 18.7. The van der Waals surface area contributed by atoms with Gasteiger partial charge >= 0.3 is 0 Å². The number of rotatable bonds is 9. The Bertz CT molecular complexity index is 1160. The van der Waals surface area contributed by atoms with Crippen LogP contribution in [0.2, 0.25) is 5.02 Å². The van der Waals surface area contributed by atoms with E-state index in [1.54, 1.807) is 29.9 Å². The van der Waals surface area contributed by atoms with E-state index in [-0.39, 0.29) is 17.4 Å². The maximum absolute atomic E-state index is 13.1. The van der Waals surface area contributed by atoms with Gasteiger partial charge in [0.2, 0.25) is 5.91 Å². The Labute approximate surface area is 197 Å². The van der Waals surface area contributed by atoms with E-state index in [0.717, 1.165) is 11.3 Å². The molecule has 0 spiro atoms. The largest absolute Gasteiger partial charge is 0.385 e. The standard InChI is InChI=1S/C24H28ClN3O3S/c1-15(2)18-8-5-6-9-20(18)26-22(29)16(3)32-24-27-21-14-17(25)10-11-19(21)23(30)28(24)12-7-13-31-4/h5-6,8-11,14-16H,7,12-13H2,1-4H3,(H,26,29). The first-order chi connectivity index (χ1) is 15.3. The van der Waals surface area contributed by atoms with Crippen LogP contribution < -0.4 is 10.9 Å². The molecule has 32 heavy (non-hydrogen) atoms. The Morgan fingerprint density at radius 1 is 1.22 bits per heavy atom. The van der Waals surface area contributed by atoms with Crippen LogP contribution in [0, 0.1) is 0 Å². The third-order valence-electron chi connectivity index (χ3n) is 5.10. The van der Waals surface area contributed by atoms with Crippen LogP contribution in [-0.2, 0) is 16.1 Å². The predicted octanol–water partition coefficient (Wildman–Crippen LogP) is 5.33. The zero-order chi connectivity index (χ0) is 23.3. The molecule has 6 nitrogen and oxygen atoms in total. The SMILES string of the molecule is COCCCn1c(SC(C)C(=O)Nc2ccccc2C(C)C)nc2cc(Cl)ccc2c1=O. The fourth-order valence-electron chi connectivity index (χ4n) is 3.39. The lowest BCUT2D eigenvalue weighted by Gasteiger charge is -2.18. The molecule has 2 aromatic carbocycles. The molecule has 0 aliphatic heterocycles. The average Bonchev–Trinajstić information content (AvgIpc) is 2.75. The van der Waals surface area contributed by atoms with Crippen molar-refractivity contribution in [2.75, 3.05) is 19.0 Å². The van der Waals surface area contributed by atoms with Crippen molar-refractivity contribution in [3.05, 3.63) is 63.4 Å². The van der Waals surface area contributed by atoms with Crippen molar-refractivity contribution in [2.45, 2.75) is 50.1 Å². The van der Waals surface area contributed by atoms with Crippen molar-refractivity contribution in [3.8, 4) is 0 Å². The van der Waals surface area contributed by atoms with E-state index in [1.807, 2.05) is 31.2 Å². The maximum atomic E-state index is 13.1. The highest BCUT2D eigenvalue weighted by molar-refractivity contribution is 8.00. The number of thioether (sulfide) groups is 1. The molecule has 0 radical (unpaired) electrons. The molecule has 0 bridgehead atoms. The normalized spacial score (nSPS) is 12.3. The summed E-state index contributed by atoms with van der Waals surface area (Å²) in [6.07, 6.45) is 0.660. The minimum absolute atomic E-state index is 0.146.